The van der Waals surface area contributed by atoms with Crippen LogP contribution in [0.4, 0.5) is 5.82 Å². The number of unbranched alkanes of at least 4 members (excludes halogenated alkanes) is 2. The number of aromatic nitrogens is 6. The molecule has 1 aliphatic heterocycles. The van der Waals surface area contributed by atoms with Gasteiger partial charge in [0.05, 0.1) is 10.2 Å². The fraction of sp³-hybridized carbons (Fsp3) is 0.364. The summed E-state index contributed by atoms with van der Waals surface area (Å²) < 4.78 is 10.2. The van der Waals surface area contributed by atoms with Gasteiger partial charge in [-0.2, -0.15) is 0 Å². The van der Waals surface area contributed by atoms with Gasteiger partial charge in [0, 0.05) is 31.4 Å². The minimum atomic E-state index is -0.115. The Hall–Kier alpha value is -3.14. The van der Waals surface area contributed by atoms with E-state index in [2.05, 4.69) is 48.2 Å². The van der Waals surface area contributed by atoms with Crippen molar-refractivity contribution in [2.45, 2.75) is 52.0 Å². The maximum Gasteiger partial charge on any atom is 0.266 e. The Morgan fingerprint density at radius 3 is 2.72 bits per heavy atom. The summed E-state index contributed by atoms with van der Waals surface area (Å²) in [5.41, 5.74) is 1.43. The highest BCUT2D eigenvalue weighted by Crippen LogP contribution is 2.28. The van der Waals surface area contributed by atoms with Crippen molar-refractivity contribution in [3.05, 3.63) is 58.0 Å². The number of halogens is 1. The van der Waals surface area contributed by atoms with Crippen LogP contribution in [0.2, 0.25) is 0 Å². The first-order valence-electron chi connectivity index (χ1n) is 10.8. The van der Waals surface area contributed by atoms with Gasteiger partial charge in [0.2, 0.25) is 17.6 Å². The molecule has 0 N–H and O–H groups in total. The summed E-state index contributed by atoms with van der Waals surface area (Å²) in [6.07, 6.45) is 4.61. The monoisotopic (exact) mass is 495 g/mol. The van der Waals surface area contributed by atoms with Crippen LogP contribution in [0.25, 0.3) is 17.2 Å². The SMILES string of the molecule is CCCCCn1c2c(c(=O)n3c(CCc4nnc(-c5ccccc5)o4)nnc13)CC(Br)=N2. The number of fused-ring (bicyclic) bond motifs is 2. The van der Waals surface area contributed by atoms with Gasteiger partial charge in [0.1, 0.15) is 11.6 Å². The normalized spacial score (nSPS) is 13.0. The van der Waals surface area contributed by atoms with Crippen molar-refractivity contribution in [2.24, 2.45) is 4.99 Å². The molecule has 164 valence electrons. The summed E-state index contributed by atoms with van der Waals surface area (Å²) in [4.78, 5) is 17.8. The van der Waals surface area contributed by atoms with Crippen molar-refractivity contribution >= 4 is 32.1 Å². The summed E-state index contributed by atoms with van der Waals surface area (Å²) >= 11 is 3.46. The number of nitrogens with zero attached hydrogens (tertiary/aromatic N) is 7. The van der Waals surface area contributed by atoms with Gasteiger partial charge < -0.3 is 4.42 Å². The van der Waals surface area contributed by atoms with E-state index < -0.39 is 0 Å². The molecule has 0 spiro atoms. The third-order valence-electron chi connectivity index (χ3n) is 5.53. The summed E-state index contributed by atoms with van der Waals surface area (Å²) in [6, 6.07) is 9.63. The third kappa shape index (κ3) is 3.79. The maximum absolute atomic E-state index is 13.3. The smallest absolute Gasteiger partial charge is 0.266 e. The average molecular weight is 496 g/mol. The largest absolute Gasteiger partial charge is 0.421 e. The summed E-state index contributed by atoms with van der Waals surface area (Å²) in [6.45, 7) is 2.90. The highest BCUT2D eigenvalue weighted by Gasteiger charge is 2.25. The van der Waals surface area contributed by atoms with Gasteiger partial charge >= 0.3 is 0 Å². The molecule has 5 rings (SSSR count). The number of hydrogen-bond acceptors (Lipinski definition) is 7. The molecule has 4 aromatic rings. The Morgan fingerprint density at radius 2 is 1.91 bits per heavy atom. The molecule has 0 amide bonds. The first-order chi connectivity index (χ1) is 15.7. The quantitative estimate of drug-likeness (QED) is 0.343. The molecule has 1 aromatic carbocycles. The lowest BCUT2D eigenvalue weighted by Crippen LogP contribution is -2.24. The van der Waals surface area contributed by atoms with E-state index in [4.69, 9.17) is 4.42 Å². The molecule has 0 aliphatic carbocycles. The Bertz CT molecular complexity index is 1350. The van der Waals surface area contributed by atoms with Crippen LogP contribution in [0.3, 0.4) is 0 Å². The third-order valence-corrected chi connectivity index (χ3v) is 5.98. The van der Waals surface area contributed by atoms with E-state index in [0.717, 1.165) is 36.0 Å². The van der Waals surface area contributed by atoms with Gasteiger partial charge in [0.15, 0.2) is 0 Å². The highest BCUT2D eigenvalue weighted by atomic mass is 79.9. The summed E-state index contributed by atoms with van der Waals surface area (Å²) in [5, 5.41) is 17.0. The number of rotatable bonds is 8. The van der Waals surface area contributed by atoms with Gasteiger partial charge in [-0.3, -0.25) is 9.36 Å². The maximum atomic E-state index is 13.3. The van der Waals surface area contributed by atoms with E-state index in [0.29, 0.717) is 54.0 Å². The Kier molecular flexibility index (Phi) is 5.69. The molecule has 10 heteroatoms. The number of aliphatic imine (C=N–C) groups is 1. The van der Waals surface area contributed by atoms with Crippen LogP contribution in [0, 0.1) is 0 Å². The van der Waals surface area contributed by atoms with Gasteiger partial charge in [-0.25, -0.2) is 9.39 Å². The lowest BCUT2D eigenvalue weighted by Gasteiger charge is -2.12. The van der Waals surface area contributed by atoms with Crippen molar-refractivity contribution in [3.63, 3.8) is 0 Å². The predicted octanol–water partition coefficient (Wildman–Crippen LogP) is 3.90. The second-order valence-electron chi connectivity index (χ2n) is 7.75. The van der Waals surface area contributed by atoms with Gasteiger partial charge in [-0.15, -0.1) is 20.4 Å². The first-order valence-corrected chi connectivity index (χ1v) is 11.6. The minimum Gasteiger partial charge on any atom is -0.421 e. The van der Waals surface area contributed by atoms with Crippen molar-refractivity contribution in [3.8, 4) is 11.5 Å². The molecule has 0 atom stereocenters. The van der Waals surface area contributed by atoms with E-state index in [9.17, 15) is 4.79 Å². The molecule has 0 fully saturated rings. The van der Waals surface area contributed by atoms with Crippen LogP contribution in [0.15, 0.2) is 44.5 Å². The van der Waals surface area contributed by atoms with E-state index >= 15 is 0 Å². The summed E-state index contributed by atoms with van der Waals surface area (Å²) in [7, 11) is 0. The zero-order valence-corrected chi connectivity index (χ0v) is 19.2. The topological polar surface area (TPSA) is 103 Å². The molecule has 0 saturated heterocycles. The lowest BCUT2D eigenvalue weighted by atomic mass is 10.2. The van der Waals surface area contributed by atoms with Crippen molar-refractivity contribution in [2.75, 3.05) is 0 Å². The zero-order chi connectivity index (χ0) is 22.1. The minimum absolute atomic E-state index is 0.115. The first kappa shape index (κ1) is 20.7. The zero-order valence-electron chi connectivity index (χ0n) is 17.7. The predicted molar refractivity (Wildman–Crippen MR) is 124 cm³/mol. The van der Waals surface area contributed by atoms with Crippen LogP contribution in [0.5, 0.6) is 0 Å². The fourth-order valence-corrected chi connectivity index (χ4v) is 4.37. The van der Waals surface area contributed by atoms with Crippen LogP contribution in [-0.4, -0.2) is 34.0 Å². The number of benzene rings is 1. The highest BCUT2D eigenvalue weighted by molar-refractivity contribution is 9.18. The van der Waals surface area contributed by atoms with Gasteiger partial charge in [0.25, 0.3) is 5.56 Å². The average Bonchev–Trinajstić information content (AvgIpc) is 3.53. The van der Waals surface area contributed by atoms with Crippen LogP contribution < -0.4 is 5.56 Å². The van der Waals surface area contributed by atoms with Crippen molar-refractivity contribution in [1.29, 1.82) is 0 Å². The second-order valence-corrected chi connectivity index (χ2v) is 8.66. The molecule has 0 radical (unpaired) electrons. The molecule has 3 aromatic heterocycles. The Labute approximate surface area is 192 Å². The molecule has 9 nitrogen and oxygen atoms in total. The molecular formula is C22H22BrN7O2. The number of aryl methyl sites for hydroxylation is 3. The number of hydrogen-bond donors (Lipinski definition) is 0. The molecular weight excluding hydrogens is 474 g/mol. The molecule has 0 unspecified atom stereocenters. The molecule has 0 bridgehead atoms. The van der Waals surface area contributed by atoms with E-state index in [1.807, 2.05) is 34.9 Å². The molecule has 0 saturated carbocycles. The molecule has 32 heavy (non-hydrogen) atoms. The van der Waals surface area contributed by atoms with E-state index in [1.165, 1.54) is 0 Å². The van der Waals surface area contributed by atoms with Crippen molar-refractivity contribution in [1.82, 2.24) is 29.4 Å². The Balaban J connectivity index is 1.45. The van der Waals surface area contributed by atoms with Crippen LogP contribution in [0.1, 0.15) is 43.5 Å². The summed E-state index contributed by atoms with van der Waals surface area (Å²) in [5.74, 6) is 2.77. The Morgan fingerprint density at radius 1 is 1.06 bits per heavy atom. The molecule has 1 aliphatic rings. The van der Waals surface area contributed by atoms with Crippen LogP contribution in [-0.2, 0) is 25.8 Å². The molecule has 4 heterocycles. The van der Waals surface area contributed by atoms with Crippen LogP contribution >= 0.6 is 15.9 Å². The van der Waals surface area contributed by atoms with E-state index in [-0.39, 0.29) is 5.56 Å². The van der Waals surface area contributed by atoms with Gasteiger partial charge in [-0.05, 0) is 34.5 Å². The standard InChI is InChI=1S/C22H22BrN7O2/c1-2-3-7-12-29-19-15(13-16(23)24-19)21(31)30-17(25-28-22(29)30)10-11-18-26-27-20(32-18)14-8-5-4-6-9-14/h4-6,8-9H,2-3,7,10-13H2,1H3. The van der Waals surface area contributed by atoms with E-state index in [1.54, 1.807) is 4.40 Å². The van der Waals surface area contributed by atoms with Gasteiger partial charge in [-0.1, -0.05) is 38.0 Å². The van der Waals surface area contributed by atoms with Crippen molar-refractivity contribution < 1.29 is 4.42 Å². The second kappa shape index (κ2) is 8.78. The fourth-order valence-electron chi connectivity index (χ4n) is 3.92. The lowest BCUT2D eigenvalue weighted by molar-refractivity contribution is 0.501.